The summed E-state index contributed by atoms with van der Waals surface area (Å²) in [5.74, 6) is 1.60. The number of furan rings is 1. The summed E-state index contributed by atoms with van der Waals surface area (Å²) < 4.78 is 7.27. The van der Waals surface area contributed by atoms with E-state index in [4.69, 9.17) is 10.2 Å². The minimum atomic E-state index is 0. The Labute approximate surface area is 107 Å². The number of nitrogens with zero attached hydrogens (tertiary/aromatic N) is 2. The molecule has 2 N–H and O–H groups in total. The van der Waals surface area contributed by atoms with E-state index in [1.807, 2.05) is 29.8 Å². The summed E-state index contributed by atoms with van der Waals surface area (Å²) in [5, 5.41) is 0. The van der Waals surface area contributed by atoms with Gasteiger partial charge in [0.15, 0.2) is 11.6 Å². The molecule has 0 aromatic carbocycles. The first-order valence-electron chi connectivity index (χ1n) is 4.58. The molecule has 0 fully saturated rings. The summed E-state index contributed by atoms with van der Waals surface area (Å²) in [6.07, 6.45) is 5.29. The van der Waals surface area contributed by atoms with Crippen molar-refractivity contribution < 1.29 is 4.42 Å². The molecule has 1 atom stereocenters. The summed E-state index contributed by atoms with van der Waals surface area (Å²) in [5.41, 5.74) is 5.73. The highest BCUT2D eigenvalue weighted by Gasteiger charge is 2.08. The van der Waals surface area contributed by atoms with E-state index in [9.17, 15) is 0 Å². The summed E-state index contributed by atoms with van der Waals surface area (Å²) in [7, 11) is 0. The minimum Gasteiger partial charge on any atom is -0.461 e. The fourth-order valence-corrected chi connectivity index (χ4v) is 1.40. The first kappa shape index (κ1) is 15.0. The van der Waals surface area contributed by atoms with Gasteiger partial charge in [0.05, 0.1) is 6.26 Å². The molecule has 0 unspecified atom stereocenters. The van der Waals surface area contributed by atoms with Crippen LogP contribution in [0.5, 0.6) is 0 Å². The largest absolute Gasteiger partial charge is 0.461 e. The third-order valence-corrected chi connectivity index (χ3v) is 1.94. The summed E-state index contributed by atoms with van der Waals surface area (Å²) in [6.45, 7) is 2.71. The predicted octanol–water partition coefficient (Wildman–Crippen LogP) is 2.33. The topological polar surface area (TPSA) is 57.0 Å². The van der Waals surface area contributed by atoms with Crippen LogP contribution in [0.15, 0.2) is 35.2 Å². The minimum absolute atomic E-state index is 0. The van der Waals surface area contributed by atoms with E-state index >= 15 is 0 Å². The molecule has 0 aliphatic carbocycles. The van der Waals surface area contributed by atoms with Crippen LogP contribution in [0.4, 0.5) is 0 Å². The summed E-state index contributed by atoms with van der Waals surface area (Å²) in [6, 6.07) is 3.85. The molecule has 0 saturated heterocycles. The van der Waals surface area contributed by atoms with Crippen LogP contribution in [0, 0.1) is 0 Å². The molecule has 2 aromatic rings. The van der Waals surface area contributed by atoms with E-state index in [2.05, 4.69) is 4.98 Å². The molecule has 0 aliphatic rings. The maximum absolute atomic E-state index is 5.73. The van der Waals surface area contributed by atoms with Crippen molar-refractivity contribution in [3.63, 3.8) is 0 Å². The van der Waals surface area contributed by atoms with Gasteiger partial charge < -0.3 is 14.7 Å². The van der Waals surface area contributed by atoms with Gasteiger partial charge in [0, 0.05) is 25.0 Å². The number of imidazole rings is 1. The molecule has 6 heteroatoms. The molecule has 2 aromatic heterocycles. The maximum atomic E-state index is 5.73. The Morgan fingerprint density at radius 1 is 1.50 bits per heavy atom. The molecule has 0 bridgehead atoms. The van der Waals surface area contributed by atoms with Crippen LogP contribution in [0.2, 0.25) is 0 Å². The van der Waals surface area contributed by atoms with E-state index in [1.165, 1.54) is 0 Å². The first-order chi connectivity index (χ1) is 6.77. The lowest BCUT2D eigenvalue weighted by molar-refractivity contribution is 0.553. The van der Waals surface area contributed by atoms with Crippen molar-refractivity contribution in [2.45, 2.75) is 19.5 Å². The monoisotopic (exact) mass is 263 g/mol. The SMILES string of the molecule is C[C@H](N)Cn1ccnc1-c1ccco1.Cl.Cl. The molecule has 2 heterocycles. The molecule has 0 amide bonds. The molecule has 2 rings (SSSR count). The Hall–Kier alpha value is -0.970. The Morgan fingerprint density at radius 2 is 2.25 bits per heavy atom. The fourth-order valence-electron chi connectivity index (χ4n) is 1.40. The van der Waals surface area contributed by atoms with Gasteiger partial charge >= 0.3 is 0 Å². The molecule has 0 saturated carbocycles. The Kier molecular flexibility index (Phi) is 6.18. The molecule has 90 valence electrons. The van der Waals surface area contributed by atoms with Crippen LogP contribution in [0.3, 0.4) is 0 Å². The molecular formula is C10H15Cl2N3O. The van der Waals surface area contributed by atoms with Crippen molar-refractivity contribution in [2.75, 3.05) is 0 Å². The second kappa shape index (κ2) is 6.58. The first-order valence-corrected chi connectivity index (χ1v) is 4.58. The van der Waals surface area contributed by atoms with Gasteiger partial charge in [0.25, 0.3) is 0 Å². The standard InChI is InChI=1S/C10H13N3O.2ClH/c1-8(11)7-13-5-4-12-10(13)9-3-2-6-14-9;;/h2-6,8H,7,11H2,1H3;2*1H/t8-;;/m0../s1. The van der Waals surface area contributed by atoms with E-state index in [0.29, 0.717) is 0 Å². The lowest BCUT2D eigenvalue weighted by Crippen LogP contribution is -2.22. The lowest BCUT2D eigenvalue weighted by Gasteiger charge is -2.08. The van der Waals surface area contributed by atoms with Crippen LogP contribution in [0.25, 0.3) is 11.6 Å². The molecule has 16 heavy (non-hydrogen) atoms. The van der Waals surface area contributed by atoms with Gasteiger partial charge in [-0.15, -0.1) is 24.8 Å². The molecule has 4 nitrogen and oxygen atoms in total. The Bertz CT molecular complexity index is 398. The highest BCUT2D eigenvalue weighted by Crippen LogP contribution is 2.17. The fraction of sp³-hybridized carbons (Fsp3) is 0.300. The third-order valence-electron chi connectivity index (χ3n) is 1.94. The number of hydrogen-bond acceptors (Lipinski definition) is 3. The van der Waals surface area contributed by atoms with Crippen molar-refractivity contribution in [1.82, 2.24) is 9.55 Å². The van der Waals surface area contributed by atoms with Gasteiger partial charge in [0.2, 0.25) is 0 Å². The predicted molar refractivity (Wildman–Crippen MR) is 68.1 cm³/mol. The van der Waals surface area contributed by atoms with Crippen LogP contribution in [-0.4, -0.2) is 15.6 Å². The van der Waals surface area contributed by atoms with Gasteiger partial charge in [0.1, 0.15) is 0 Å². The van der Waals surface area contributed by atoms with E-state index in [0.717, 1.165) is 18.1 Å². The molecular weight excluding hydrogens is 249 g/mol. The van der Waals surface area contributed by atoms with Crippen LogP contribution in [-0.2, 0) is 6.54 Å². The second-order valence-corrected chi connectivity index (χ2v) is 3.36. The number of aromatic nitrogens is 2. The van der Waals surface area contributed by atoms with Gasteiger partial charge in [-0.05, 0) is 19.1 Å². The van der Waals surface area contributed by atoms with Gasteiger partial charge in [-0.1, -0.05) is 0 Å². The van der Waals surface area contributed by atoms with Crippen LogP contribution < -0.4 is 5.73 Å². The van der Waals surface area contributed by atoms with Crippen molar-refractivity contribution in [1.29, 1.82) is 0 Å². The van der Waals surface area contributed by atoms with Crippen molar-refractivity contribution >= 4 is 24.8 Å². The number of hydrogen-bond donors (Lipinski definition) is 1. The van der Waals surface area contributed by atoms with Gasteiger partial charge in [-0.2, -0.15) is 0 Å². The van der Waals surface area contributed by atoms with Crippen LogP contribution >= 0.6 is 24.8 Å². The van der Waals surface area contributed by atoms with Crippen molar-refractivity contribution in [2.24, 2.45) is 5.73 Å². The number of nitrogens with two attached hydrogens (primary N) is 1. The zero-order chi connectivity index (χ0) is 9.97. The third kappa shape index (κ3) is 3.27. The molecule has 0 spiro atoms. The van der Waals surface area contributed by atoms with Gasteiger partial charge in [-0.25, -0.2) is 4.98 Å². The van der Waals surface area contributed by atoms with Crippen molar-refractivity contribution in [3.8, 4) is 11.6 Å². The second-order valence-electron chi connectivity index (χ2n) is 3.36. The average molecular weight is 264 g/mol. The summed E-state index contributed by atoms with van der Waals surface area (Å²) >= 11 is 0. The van der Waals surface area contributed by atoms with E-state index < -0.39 is 0 Å². The Morgan fingerprint density at radius 3 is 2.81 bits per heavy atom. The number of halogens is 2. The Balaban J connectivity index is 0.00000112. The lowest BCUT2D eigenvalue weighted by atomic mass is 10.3. The zero-order valence-electron chi connectivity index (χ0n) is 8.87. The quantitative estimate of drug-likeness (QED) is 0.925. The average Bonchev–Trinajstić information content (AvgIpc) is 2.70. The normalized spacial score (nSPS) is 11.4. The zero-order valence-corrected chi connectivity index (χ0v) is 10.5. The molecule has 0 radical (unpaired) electrons. The number of rotatable bonds is 3. The smallest absolute Gasteiger partial charge is 0.176 e. The highest BCUT2D eigenvalue weighted by atomic mass is 35.5. The maximum Gasteiger partial charge on any atom is 0.176 e. The highest BCUT2D eigenvalue weighted by molar-refractivity contribution is 5.85. The van der Waals surface area contributed by atoms with Gasteiger partial charge in [-0.3, -0.25) is 0 Å². The van der Waals surface area contributed by atoms with Crippen LogP contribution in [0.1, 0.15) is 6.92 Å². The molecule has 0 aliphatic heterocycles. The van der Waals surface area contributed by atoms with E-state index in [-0.39, 0.29) is 30.9 Å². The van der Waals surface area contributed by atoms with Crippen molar-refractivity contribution in [3.05, 3.63) is 30.8 Å². The summed E-state index contributed by atoms with van der Waals surface area (Å²) in [4.78, 5) is 4.23. The van der Waals surface area contributed by atoms with E-state index in [1.54, 1.807) is 12.5 Å².